The predicted molar refractivity (Wildman–Crippen MR) is 84.7 cm³/mol. The first-order chi connectivity index (χ1) is 10.5. The fraction of sp³-hybridized carbons (Fsp3) is 0.0625. The average Bonchev–Trinajstić information content (AvgIpc) is 2.88. The highest BCUT2D eigenvalue weighted by Crippen LogP contribution is 2.21. The van der Waals surface area contributed by atoms with Gasteiger partial charge in [-0.1, -0.05) is 29.8 Å². The minimum Gasteiger partial charge on any atom is -0.505 e. The lowest BCUT2D eigenvalue weighted by Gasteiger charge is -2.08. The number of fused-ring (bicyclic) bond motifs is 1. The summed E-state index contributed by atoms with van der Waals surface area (Å²) < 4.78 is 0. The Labute approximate surface area is 131 Å². The number of aromatic nitrogens is 3. The standard InChI is InChI=1S/C16H12ClN3O2/c1-9-3-6-15(12(7-9)16(22)10(2)21)20-18-13-5-4-11(17)8-14(13)19-20/h3-8,21H,2H2,1H3. The van der Waals surface area contributed by atoms with Crippen LogP contribution in [0.2, 0.25) is 5.02 Å². The summed E-state index contributed by atoms with van der Waals surface area (Å²) in [6.07, 6.45) is 0. The molecule has 0 bridgehead atoms. The van der Waals surface area contributed by atoms with Crippen molar-refractivity contribution < 1.29 is 9.90 Å². The van der Waals surface area contributed by atoms with E-state index in [0.29, 0.717) is 27.3 Å². The second kappa shape index (κ2) is 5.27. The van der Waals surface area contributed by atoms with Crippen molar-refractivity contribution in [2.45, 2.75) is 6.92 Å². The molecule has 5 nitrogen and oxygen atoms in total. The van der Waals surface area contributed by atoms with Crippen molar-refractivity contribution in [2.75, 3.05) is 0 Å². The third-order valence-electron chi connectivity index (χ3n) is 3.22. The molecule has 2 aromatic carbocycles. The molecule has 22 heavy (non-hydrogen) atoms. The van der Waals surface area contributed by atoms with Gasteiger partial charge in [-0.05, 0) is 37.3 Å². The third kappa shape index (κ3) is 2.46. The highest BCUT2D eigenvalue weighted by molar-refractivity contribution is 6.31. The Bertz CT molecular complexity index is 915. The second-order valence-electron chi connectivity index (χ2n) is 4.92. The summed E-state index contributed by atoms with van der Waals surface area (Å²) in [5, 5.41) is 18.6. The Balaban J connectivity index is 2.21. The molecule has 0 unspecified atom stereocenters. The van der Waals surface area contributed by atoms with E-state index in [0.717, 1.165) is 5.56 Å². The Morgan fingerprint density at radius 1 is 1.18 bits per heavy atom. The maximum atomic E-state index is 12.1. The lowest BCUT2D eigenvalue weighted by Crippen LogP contribution is -2.10. The summed E-state index contributed by atoms with van der Waals surface area (Å²) in [7, 11) is 0. The fourth-order valence-electron chi connectivity index (χ4n) is 2.16. The van der Waals surface area contributed by atoms with Crippen molar-refractivity contribution in [3.63, 3.8) is 0 Å². The van der Waals surface area contributed by atoms with Crippen LogP contribution in [0.4, 0.5) is 0 Å². The van der Waals surface area contributed by atoms with E-state index in [-0.39, 0.29) is 0 Å². The molecule has 3 aromatic rings. The van der Waals surface area contributed by atoms with Gasteiger partial charge in [0.25, 0.3) is 0 Å². The van der Waals surface area contributed by atoms with E-state index < -0.39 is 11.5 Å². The summed E-state index contributed by atoms with van der Waals surface area (Å²) >= 11 is 5.94. The van der Waals surface area contributed by atoms with Gasteiger partial charge in [-0.2, -0.15) is 0 Å². The third-order valence-corrected chi connectivity index (χ3v) is 3.45. The molecule has 3 rings (SSSR count). The Hall–Kier alpha value is -2.66. The number of allylic oxidation sites excluding steroid dienone is 1. The topological polar surface area (TPSA) is 68.0 Å². The SMILES string of the molecule is C=C(O)C(=O)c1cc(C)ccc1-n1nc2ccc(Cl)cc2n1. The number of carbonyl (C=O) groups excluding carboxylic acids is 1. The summed E-state index contributed by atoms with van der Waals surface area (Å²) in [5.74, 6) is -1.08. The highest BCUT2D eigenvalue weighted by Gasteiger charge is 2.17. The Morgan fingerprint density at radius 3 is 2.64 bits per heavy atom. The Morgan fingerprint density at radius 2 is 1.91 bits per heavy atom. The molecule has 0 saturated carbocycles. The molecule has 0 radical (unpaired) electrons. The van der Waals surface area contributed by atoms with Crippen LogP contribution in [0.5, 0.6) is 0 Å². The van der Waals surface area contributed by atoms with Crippen LogP contribution in [0, 0.1) is 6.92 Å². The normalized spacial score (nSPS) is 10.8. The number of benzene rings is 2. The monoisotopic (exact) mass is 313 g/mol. The molecule has 0 atom stereocenters. The van der Waals surface area contributed by atoms with Crippen molar-refractivity contribution in [1.29, 1.82) is 0 Å². The highest BCUT2D eigenvalue weighted by atomic mass is 35.5. The van der Waals surface area contributed by atoms with Crippen LogP contribution in [0.15, 0.2) is 48.7 Å². The molecule has 0 fully saturated rings. The van der Waals surface area contributed by atoms with E-state index in [2.05, 4.69) is 16.8 Å². The van der Waals surface area contributed by atoms with Crippen LogP contribution < -0.4 is 0 Å². The molecule has 1 heterocycles. The molecule has 0 saturated heterocycles. The largest absolute Gasteiger partial charge is 0.505 e. The summed E-state index contributed by atoms with van der Waals surface area (Å²) in [6.45, 7) is 5.14. The zero-order valence-corrected chi connectivity index (χ0v) is 12.5. The number of aryl methyl sites for hydroxylation is 1. The molecule has 1 N–H and O–H groups in total. The fourth-order valence-corrected chi connectivity index (χ4v) is 2.32. The molecular weight excluding hydrogens is 302 g/mol. The van der Waals surface area contributed by atoms with Crippen molar-refractivity contribution in [2.24, 2.45) is 0 Å². The summed E-state index contributed by atoms with van der Waals surface area (Å²) in [6, 6.07) is 10.4. The van der Waals surface area contributed by atoms with Crippen LogP contribution in [-0.4, -0.2) is 25.9 Å². The van der Waals surface area contributed by atoms with Crippen LogP contribution in [0.3, 0.4) is 0 Å². The van der Waals surface area contributed by atoms with Crippen LogP contribution in [-0.2, 0) is 0 Å². The first kappa shape index (κ1) is 14.3. The zero-order valence-electron chi connectivity index (χ0n) is 11.7. The van der Waals surface area contributed by atoms with Gasteiger partial charge in [-0.3, -0.25) is 4.79 Å². The lowest BCUT2D eigenvalue weighted by atomic mass is 10.0. The van der Waals surface area contributed by atoms with E-state index in [1.807, 2.05) is 13.0 Å². The summed E-state index contributed by atoms with van der Waals surface area (Å²) in [5.41, 5.74) is 2.92. The van der Waals surface area contributed by atoms with E-state index in [9.17, 15) is 9.90 Å². The molecular formula is C16H12ClN3O2. The number of nitrogens with zero attached hydrogens (tertiary/aromatic N) is 3. The molecule has 6 heteroatoms. The maximum Gasteiger partial charge on any atom is 0.228 e. The van der Waals surface area contributed by atoms with Crippen molar-refractivity contribution in [3.05, 3.63) is 64.9 Å². The van der Waals surface area contributed by atoms with Gasteiger partial charge in [-0.15, -0.1) is 15.0 Å². The number of hydrogen-bond donors (Lipinski definition) is 1. The number of Topliss-reactive ketones (excluding diaryl/α,β-unsaturated/α-hetero) is 1. The minimum absolute atomic E-state index is 0.291. The molecule has 110 valence electrons. The van der Waals surface area contributed by atoms with Gasteiger partial charge < -0.3 is 5.11 Å². The van der Waals surface area contributed by atoms with Crippen LogP contribution in [0.25, 0.3) is 16.7 Å². The maximum absolute atomic E-state index is 12.1. The van der Waals surface area contributed by atoms with Gasteiger partial charge in [0, 0.05) is 5.02 Å². The van der Waals surface area contributed by atoms with Gasteiger partial charge in [0.05, 0.1) is 11.3 Å². The first-order valence-corrected chi connectivity index (χ1v) is 6.90. The van der Waals surface area contributed by atoms with E-state index in [1.165, 1.54) is 4.80 Å². The smallest absolute Gasteiger partial charge is 0.228 e. The van der Waals surface area contributed by atoms with Gasteiger partial charge in [0.2, 0.25) is 5.78 Å². The minimum atomic E-state index is -0.557. The lowest BCUT2D eigenvalue weighted by molar-refractivity contribution is 0.0978. The molecule has 0 spiro atoms. The van der Waals surface area contributed by atoms with Crippen molar-refractivity contribution >= 4 is 28.4 Å². The summed E-state index contributed by atoms with van der Waals surface area (Å²) in [4.78, 5) is 13.5. The average molecular weight is 314 g/mol. The number of hydrogen-bond acceptors (Lipinski definition) is 4. The van der Waals surface area contributed by atoms with Crippen molar-refractivity contribution in [1.82, 2.24) is 15.0 Å². The number of carbonyl (C=O) groups is 1. The molecule has 0 amide bonds. The number of halogens is 1. The quantitative estimate of drug-likeness (QED) is 0.455. The number of rotatable bonds is 3. The molecule has 0 aliphatic heterocycles. The molecule has 0 aliphatic rings. The number of ketones is 1. The van der Waals surface area contributed by atoms with Gasteiger partial charge in [0.1, 0.15) is 11.0 Å². The molecule has 0 aliphatic carbocycles. The zero-order chi connectivity index (χ0) is 15.9. The van der Waals surface area contributed by atoms with Gasteiger partial charge in [-0.25, -0.2) is 0 Å². The van der Waals surface area contributed by atoms with Crippen LogP contribution >= 0.6 is 11.6 Å². The molecule has 1 aromatic heterocycles. The van der Waals surface area contributed by atoms with Crippen molar-refractivity contribution in [3.8, 4) is 5.69 Å². The van der Waals surface area contributed by atoms with Gasteiger partial charge in [0.15, 0.2) is 5.76 Å². The van der Waals surface area contributed by atoms with E-state index in [4.69, 9.17) is 11.6 Å². The second-order valence-corrected chi connectivity index (χ2v) is 5.36. The first-order valence-electron chi connectivity index (χ1n) is 6.52. The van der Waals surface area contributed by atoms with E-state index >= 15 is 0 Å². The Kier molecular flexibility index (Phi) is 3.42. The van der Waals surface area contributed by atoms with E-state index in [1.54, 1.807) is 30.3 Å². The van der Waals surface area contributed by atoms with Gasteiger partial charge >= 0.3 is 0 Å². The van der Waals surface area contributed by atoms with Crippen LogP contribution in [0.1, 0.15) is 15.9 Å². The number of aliphatic hydroxyl groups excluding tert-OH is 1. The predicted octanol–water partition coefficient (Wildman–Crippen LogP) is 3.64. The number of aliphatic hydroxyl groups is 1.